The molecule has 3 aromatic carbocycles. The number of ether oxygens (including phenoxy) is 2. The summed E-state index contributed by atoms with van der Waals surface area (Å²) in [6.45, 7) is 2.31. The number of carbonyl (C=O) groups excluding carboxylic acids is 1. The maximum absolute atomic E-state index is 12.8. The summed E-state index contributed by atoms with van der Waals surface area (Å²) >= 11 is 0. The molecule has 2 N–H and O–H groups in total. The Hall–Kier alpha value is -3.36. The van der Waals surface area contributed by atoms with Gasteiger partial charge < -0.3 is 14.8 Å². The third kappa shape index (κ3) is 6.34. The molecular weight excluding hydrogens is 440 g/mol. The maximum Gasteiger partial charge on any atom is 0.251 e. The fourth-order valence-electron chi connectivity index (χ4n) is 3.33. The molecule has 0 radical (unpaired) electrons. The van der Waals surface area contributed by atoms with Crippen LogP contribution in [0.15, 0.2) is 71.6 Å². The zero-order valence-electron chi connectivity index (χ0n) is 18.9. The third-order valence-electron chi connectivity index (χ3n) is 5.25. The van der Waals surface area contributed by atoms with E-state index >= 15 is 0 Å². The van der Waals surface area contributed by atoms with E-state index in [4.69, 9.17) is 9.47 Å². The van der Waals surface area contributed by atoms with Crippen LogP contribution in [0.2, 0.25) is 0 Å². The topological polar surface area (TPSA) is 93.7 Å². The SMILES string of the molecule is COc1ccc(CCNC(=O)c2cc(S(=O)(=O)NCc3ccccc3)ccc2C)c(OC)c1. The van der Waals surface area contributed by atoms with Crippen molar-refractivity contribution in [2.75, 3.05) is 20.8 Å². The molecule has 0 bridgehead atoms. The number of carbonyl (C=O) groups is 1. The molecule has 0 aliphatic carbocycles. The summed E-state index contributed by atoms with van der Waals surface area (Å²) in [6, 6.07) is 19.3. The summed E-state index contributed by atoms with van der Waals surface area (Å²) in [7, 11) is -0.602. The molecule has 0 atom stereocenters. The van der Waals surface area contributed by atoms with Crippen molar-refractivity contribution in [1.82, 2.24) is 10.0 Å². The molecule has 0 heterocycles. The first-order valence-corrected chi connectivity index (χ1v) is 12.0. The number of hydrogen-bond acceptors (Lipinski definition) is 5. The van der Waals surface area contributed by atoms with Crippen LogP contribution in [0.3, 0.4) is 0 Å². The largest absolute Gasteiger partial charge is 0.497 e. The Kier molecular flexibility index (Phi) is 8.08. The van der Waals surface area contributed by atoms with Crippen LogP contribution >= 0.6 is 0 Å². The van der Waals surface area contributed by atoms with E-state index in [0.29, 0.717) is 35.6 Å². The van der Waals surface area contributed by atoms with Gasteiger partial charge in [0.1, 0.15) is 11.5 Å². The quantitative estimate of drug-likeness (QED) is 0.475. The zero-order chi connectivity index (χ0) is 23.8. The molecule has 0 fully saturated rings. The van der Waals surface area contributed by atoms with Crippen molar-refractivity contribution in [1.29, 1.82) is 0 Å². The predicted molar refractivity (Wildman–Crippen MR) is 127 cm³/mol. The highest BCUT2D eigenvalue weighted by Gasteiger charge is 2.18. The van der Waals surface area contributed by atoms with Gasteiger partial charge in [0.25, 0.3) is 5.91 Å². The van der Waals surface area contributed by atoms with Crippen LogP contribution in [-0.4, -0.2) is 35.1 Å². The van der Waals surface area contributed by atoms with Gasteiger partial charge in [-0.2, -0.15) is 0 Å². The summed E-state index contributed by atoms with van der Waals surface area (Å²) in [6.07, 6.45) is 0.550. The van der Waals surface area contributed by atoms with Gasteiger partial charge in [-0.3, -0.25) is 4.79 Å². The third-order valence-corrected chi connectivity index (χ3v) is 6.65. The molecule has 0 saturated heterocycles. The number of nitrogens with one attached hydrogen (secondary N) is 2. The van der Waals surface area contributed by atoms with E-state index in [2.05, 4.69) is 10.0 Å². The van der Waals surface area contributed by atoms with Crippen molar-refractivity contribution in [3.05, 3.63) is 89.0 Å². The molecule has 0 saturated carbocycles. The second-order valence-electron chi connectivity index (χ2n) is 7.47. The Labute approximate surface area is 194 Å². The van der Waals surface area contributed by atoms with Crippen LogP contribution in [0.1, 0.15) is 27.0 Å². The lowest BCUT2D eigenvalue weighted by Gasteiger charge is -2.13. The van der Waals surface area contributed by atoms with Crippen LogP contribution in [0.5, 0.6) is 11.5 Å². The van der Waals surface area contributed by atoms with Gasteiger partial charge in [-0.25, -0.2) is 13.1 Å². The summed E-state index contributed by atoms with van der Waals surface area (Å²) in [5.41, 5.74) is 2.78. The first kappa shape index (κ1) is 24.3. The number of aryl methyl sites for hydroxylation is 1. The Bertz CT molecular complexity index is 1210. The maximum atomic E-state index is 12.8. The molecule has 8 heteroatoms. The normalized spacial score (nSPS) is 11.1. The molecule has 1 amide bonds. The lowest BCUT2D eigenvalue weighted by molar-refractivity contribution is 0.0953. The number of hydrogen-bond donors (Lipinski definition) is 2. The van der Waals surface area contributed by atoms with Crippen LogP contribution in [0.25, 0.3) is 0 Å². The van der Waals surface area contributed by atoms with Gasteiger partial charge in [0.15, 0.2) is 0 Å². The molecule has 0 aliphatic heterocycles. The number of methoxy groups -OCH3 is 2. The minimum Gasteiger partial charge on any atom is -0.497 e. The monoisotopic (exact) mass is 468 g/mol. The van der Waals surface area contributed by atoms with E-state index < -0.39 is 10.0 Å². The Morgan fingerprint density at radius 3 is 2.39 bits per heavy atom. The molecule has 0 aliphatic rings. The van der Waals surface area contributed by atoms with E-state index in [-0.39, 0.29) is 17.3 Å². The fraction of sp³-hybridized carbons (Fsp3) is 0.240. The smallest absolute Gasteiger partial charge is 0.251 e. The van der Waals surface area contributed by atoms with Crippen LogP contribution < -0.4 is 19.5 Å². The van der Waals surface area contributed by atoms with Crippen LogP contribution in [0, 0.1) is 6.92 Å². The highest BCUT2D eigenvalue weighted by molar-refractivity contribution is 7.89. The Morgan fingerprint density at radius 2 is 1.70 bits per heavy atom. The number of amides is 1. The fourth-order valence-corrected chi connectivity index (χ4v) is 4.38. The van der Waals surface area contributed by atoms with Crippen molar-refractivity contribution in [3.8, 4) is 11.5 Å². The van der Waals surface area contributed by atoms with Gasteiger partial charge in [0, 0.05) is 24.7 Å². The minimum absolute atomic E-state index is 0.0472. The van der Waals surface area contributed by atoms with Gasteiger partial charge in [-0.05, 0) is 48.2 Å². The van der Waals surface area contributed by atoms with Crippen LogP contribution in [0.4, 0.5) is 0 Å². The van der Waals surface area contributed by atoms with Gasteiger partial charge >= 0.3 is 0 Å². The van der Waals surface area contributed by atoms with E-state index in [1.165, 1.54) is 12.1 Å². The molecule has 0 unspecified atom stereocenters. The lowest BCUT2D eigenvalue weighted by Crippen LogP contribution is -2.27. The lowest BCUT2D eigenvalue weighted by atomic mass is 10.1. The average Bonchev–Trinajstić information content (AvgIpc) is 2.83. The van der Waals surface area contributed by atoms with Crippen molar-refractivity contribution in [3.63, 3.8) is 0 Å². The summed E-state index contributed by atoms with van der Waals surface area (Å²) in [5.74, 6) is 1.03. The van der Waals surface area contributed by atoms with Crippen molar-refractivity contribution in [2.45, 2.75) is 24.8 Å². The molecule has 174 valence electrons. The Morgan fingerprint density at radius 1 is 0.939 bits per heavy atom. The molecule has 3 aromatic rings. The molecule has 0 aromatic heterocycles. The average molecular weight is 469 g/mol. The van der Waals surface area contributed by atoms with Crippen molar-refractivity contribution < 1.29 is 22.7 Å². The number of benzene rings is 3. The minimum atomic E-state index is -3.77. The number of rotatable bonds is 10. The number of sulfonamides is 1. The highest BCUT2D eigenvalue weighted by atomic mass is 32.2. The van der Waals surface area contributed by atoms with E-state index in [1.807, 2.05) is 42.5 Å². The second kappa shape index (κ2) is 11.0. The summed E-state index contributed by atoms with van der Waals surface area (Å²) in [5, 5.41) is 2.86. The summed E-state index contributed by atoms with van der Waals surface area (Å²) < 4.78 is 38.7. The van der Waals surface area contributed by atoms with Gasteiger partial charge in [-0.15, -0.1) is 0 Å². The van der Waals surface area contributed by atoms with E-state index in [1.54, 1.807) is 33.3 Å². The first-order chi connectivity index (χ1) is 15.8. The Balaban J connectivity index is 1.67. The standard InChI is InChI=1S/C25H28N2O5S/c1-18-9-12-22(33(29,30)27-17-19-7-5-4-6-8-19)16-23(18)25(28)26-14-13-20-10-11-21(31-2)15-24(20)32-3/h4-12,15-16,27H,13-14,17H2,1-3H3,(H,26,28). The highest BCUT2D eigenvalue weighted by Crippen LogP contribution is 2.24. The molecule has 7 nitrogen and oxygen atoms in total. The first-order valence-electron chi connectivity index (χ1n) is 10.5. The van der Waals surface area contributed by atoms with Crippen molar-refractivity contribution >= 4 is 15.9 Å². The second-order valence-corrected chi connectivity index (χ2v) is 9.24. The zero-order valence-corrected chi connectivity index (χ0v) is 19.7. The van der Waals surface area contributed by atoms with Crippen LogP contribution in [-0.2, 0) is 23.0 Å². The van der Waals surface area contributed by atoms with Gasteiger partial charge in [0.05, 0.1) is 19.1 Å². The summed E-state index contributed by atoms with van der Waals surface area (Å²) in [4.78, 5) is 12.8. The van der Waals surface area contributed by atoms with Gasteiger partial charge in [0.2, 0.25) is 10.0 Å². The molecular formula is C25H28N2O5S. The molecule has 0 spiro atoms. The van der Waals surface area contributed by atoms with Crippen molar-refractivity contribution in [2.24, 2.45) is 0 Å². The predicted octanol–water partition coefficient (Wildman–Crippen LogP) is 3.46. The van der Waals surface area contributed by atoms with E-state index in [9.17, 15) is 13.2 Å². The van der Waals surface area contributed by atoms with Gasteiger partial charge in [-0.1, -0.05) is 42.5 Å². The molecule has 3 rings (SSSR count). The van der Waals surface area contributed by atoms with E-state index in [0.717, 1.165) is 11.1 Å². The molecule has 33 heavy (non-hydrogen) atoms.